The number of piperidine rings is 1. The van der Waals surface area contributed by atoms with Gasteiger partial charge in [0.1, 0.15) is 5.75 Å². The summed E-state index contributed by atoms with van der Waals surface area (Å²) < 4.78 is 34.4. The van der Waals surface area contributed by atoms with Gasteiger partial charge < -0.3 is 14.5 Å². The zero-order valence-corrected chi connectivity index (χ0v) is 22.5. The van der Waals surface area contributed by atoms with Crippen LogP contribution >= 0.6 is 0 Å². The molecule has 1 amide bonds. The number of amides is 1. The zero-order chi connectivity index (χ0) is 26.4. The van der Waals surface area contributed by atoms with Crippen LogP contribution in [0.5, 0.6) is 5.75 Å². The number of rotatable bonds is 9. The summed E-state index contributed by atoms with van der Waals surface area (Å²) in [6.07, 6.45) is 5.62. The van der Waals surface area contributed by atoms with Gasteiger partial charge in [0.05, 0.1) is 11.5 Å². The van der Waals surface area contributed by atoms with Gasteiger partial charge in [0, 0.05) is 30.9 Å². The second-order valence-electron chi connectivity index (χ2n) is 10.0. The highest BCUT2D eigenvalue weighted by Gasteiger charge is 2.24. The number of fused-ring (bicyclic) bond motifs is 1. The third-order valence-corrected chi connectivity index (χ3v) is 8.63. The zero-order valence-electron chi connectivity index (χ0n) is 21.6. The Labute approximate surface area is 225 Å². The lowest BCUT2D eigenvalue weighted by molar-refractivity contribution is 0.0734. The third-order valence-electron chi connectivity index (χ3n) is 7.25. The van der Waals surface area contributed by atoms with Crippen molar-refractivity contribution in [2.24, 2.45) is 0 Å². The monoisotopic (exact) mass is 533 g/mol. The van der Waals surface area contributed by atoms with Gasteiger partial charge in [0.25, 0.3) is 15.9 Å². The first-order valence-electron chi connectivity index (χ1n) is 13.4. The molecule has 0 unspecified atom stereocenters. The van der Waals surface area contributed by atoms with Gasteiger partial charge >= 0.3 is 0 Å². The number of likely N-dealkylation sites (tertiary alicyclic amines) is 1. The summed E-state index contributed by atoms with van der Waals surface area (Å²) in [7, 11) is -3.73. The Kier molecular flexibility index (Phi) is 8.29. The molecule has 2 heterocycles. The van der Waals surface area contributed by atoms with Gasteiger partial charge in [-0.05, 0) is 98.4 Å². The molecule has 0 saturated carbocycles. The Bertz CT molecular complexity index is 1340. The Balaban J connectivity index is 1.17. The van der Waals surface area contributed by atoms with Crippen LogP contribution in [-0.2, 0) is 23.0 Å². The molecular formula is C30H35N3O4S. The molecule has 3 aromatic carbocycles. The Hall–Kier alpha value is -3.36. The highest BCUT2D eigenvalue weighted by atomic mass is 32.2. The van der Waals surface area contributed by atoms with Crippen molar-refractivity contribution in [2.45, 2.75) is 43.5 Å². The number of ether oxygens (including phenoxy) is 1. The van der Waals surface area contributed by atoms with E-state index in [0.29, 0.717) is 37.4 Å². The lowest BCUT2D eigenvalue weighted by Gasteiger charge is -2.29. The van der Waals surface area contributed by atoms with Crippen molar-refractivity contribution in [1.29, 1.82) is 0 Å². The van der Waals surface area contributed by atoms with E-state index in [0.717, 1.165) is 29.8 Å². The van der Waals surface area contributed by atoms with E-state index in [1.54, 1.807) is 41.3 Å². The van der Waals surface area contributed by atoms with Gasteiger partial charge in [0.15, 0.2) is 0 Å². The molecule has 2 aliphatic heterocycles. The number of sulfonamides is 1. The summed E-state index contributed by atoms with van der Waals surface area (Å²) in [5.41, 5.74) is 3.04. The minimum atomic E-state index is -3.73. The molecule has 5 rings (SSSR count). The van der Waals surface area contributed by atoms with E-state index in [1.807, 2.05) is 36.4 Å². The van der Waals surface area contributed by atoms with E-state index in [9.17, 15) is 13.2 Å². The SMILES string of the molecule is O=C(c1ccc(OCCCN2CCCCC2)cc1)N1CCc2ccc(S(=O)(=O)Nc3ccccc3)cc2C1. The molecule has 3 aromatic rings. The maximum Gasteiger partial charge on any atom is 0.261 e. The molecule has 1 fully saturated rings. The van der Waals surface area contributed by atoms with Crippen LogP contribution in [0.25, 0.3) is 0 Å². The van der Waals surface area contributed by atoms with Gasteiger partial charge in [-0.15, -0.1) is 0 Å². The number of carbonyl (C=O) groups excluding carboxylic acids is 1. The molecule has 1 N–H and O–H groups in total. The van der Waals surface area contributed by atoms with Crippen molar-refractivity contribution in [3.05, 3.63) is 89.5 Å². The van der Waals surface area contributed by atoms with Crippen LogP contribution in [0.1, 0.15) is 47.2 Å². The molecule has 1 saturated heterocycles. The summed E-state index contributed by atoms with van der Waals surface area (Å²) >= 11 is 0. The number of nitrogens with one attached hydrogen (secondary N) is 1. The molecular weight excluding hydrogens is 498 g/mol. The van der Waals surface area contributed by atoms with Crippen LogP contribution in [0.15, 0.2) is 77.7 Å². The average molecular weight is 534 g/mol. The number of hydrogen-bond donors (Lipinski definition) is 1. The lowest BCUT2D eigenvalue weighted by Crippen LogP contribution is -2.36. The first kappa shape index (κ1) is 26.3. The van der Waals surface area contributed by atoms with Crippen LogP contribution in [0, 0.1) is 0 Å². The fraction of sp³-hybridized carbons (Fsp3) is 0.367. The molecule has 38 heavy (non-hydrogen) atoms. The van der Waals surface area contributed by atoms with Gasteiger partial charge in [-0.2, -0.15) is 0 Å². The second-order valence-corrected chi connectivity index (χ2v) is 11.7. The van der Waals surface area contributed by atoms with Crippen molar-refractivity contribution in [3.63, 3.8) is 0 Å². The minimum absolute atomic E-state index is 0.0667. The first-order chi connectivity index (χ1) is 18.5. The number of para-hydroxylation sites is 1. The molecule has 8 heteroatoms. The maximum absolute atomic E-state index is 13.2. The average Bonchev–Trinajstić information content (AvgIpc) is 2.95. The number of nitrogens with zero attached hydrogens (tertiary/aromatic N) is 2. The Morgan fingerprint density at radius 3 is 2.39 bits per heavy atom. The summed E-state index contributed by atoms with van der Waals surface area (Å²) in [5.74, 6) is 0.702. The van der Waals surface area contributed by atoms with E-state index >= 15 is 0 Å². The van der Waals surface area contributed by atoms with Crippen molar-refractivity contribution in [3.8, 4) is 5.75 Å². The number of hydrogen-bond acceptors (Lipinski definition) is 5. The standard InChI is InChI=1S/C30H35N3O4S/c34-30(25-10-13-28(14-11-25)37-21-7-19-32-17-5-2-6-18-32)33-20-16-24-12-15-29(22-26(24)23-33)38(35,36)31-27-8-3-1-4-9-27/h1,3-4,8-15,22,31H,2,5-7,16-21,23H2. The quantitative estimate of drug-likeness (QED) is 0.394. The highest BCUT2D eigenvalue weighted by molar-refractivity contribution is 7.92. The molecule has 0 bridgehead atoms. The van der Waals surface area contributed by atoms with E-state index in [1.165, 1.54) is 32.4 Å². The Morgan fingerprint density at radius 2 is 1.63 bits per heavy atom. The highest BCUT2D eigenvalue weighted by Crippen LogP contribution is 2.25. The molecule has 0 aliphatic carbocycles. The van der Waals surface area contributed by atoms with E-state index < -0.39 is 10.0 Å². The second kappa shape index (κ2) is 12.0. The molecule has 2 aliphatic rings. The summed E-state index contributed by atoms with van der Waals surface area (Å²) in [6, 6.07) is 21.3. The van der Waals surface area contributed by atoms with Crippen LogP contribution in [0.3, 0.4) is 0 Å². The third kappa shape index (κ3) is 6.55. The number of carbonyl (C=O) groups is 1. The van der Waals surface area contributed by atoms with Crippen LogP contribution < -0.4 is 9.46 Å². The molecule has 0 radical (unpaired) electrons. The van der Waals surface area contributed by atoms with Crippen LogP contribution in [-0.4, -0.2) is 56.9 Å². The lowest BCUT2D eigenvalue weighted by atomic mass is 9.99. The predicted molar refractivity (Wildman–Crippen MR) is 149 cm³/mol. The van der Waals surface area contributed by atoms with Crippen molar-refractivity contribution in [2.75, 3.05) is 37.5 Å². The molecule has 7 nitrogen and oxygen atoms in total. The van der Waals surface area contributed by atoms with E-state index in [4.69, 9.17) is 4.74 Å². The summed E-state index contributed by atoms with van der Waals surface area (Å²) in [5, 5.41) is 0. The topological polar surface area (TPSA) is 79.0 Å². The summed E-state index contributed by atoms with van der Waals surface area (Å²) in [4.78, 5) is 17.7. The number of anilines is 1. The van der Waals surface area contributed by atoms with Crippen molar-refractivity contribution >= 4 is 21.6 Å². The van der Waals surface area contributed by atoms with Gasteiger partial charge in [-0.25, -0.2) is 8.42 Å². The fourth-order valence-electron chi connectivity index (χ4n) is 5.13. The van der Waals surface area contributed by atoms with Crippen molar-refractivity contribution in [1.82, 2.24) is 9.80 Å². The first-order valence-corrected chi connectivity index (χ1v) is 14.9. The van der Waals surface area contributed by atoms with E-state index in [2.05, 4.69) is 9.62 Å². The molecule has 0 atom stereocenters. The van der Waals surface area contributed by atoms with Gasteiger partial charge in [-0.3, -0.25) is 9.52 Å². The van der Waals surface area contributed by atoms with Gasteiger partial charge in [-0.1, -0.05) is 30.7 Å². The van der Waals surface area contributed by atoms with Crippen LogP contribution in [0.2, 0.25) is 0 Å². The number of benzene rings is 3. The van der Waals surface area contributed by atoms with Crippen molar-refractivity contribution < 1.29 is 17.9 Å². The molecule has 200 valence electrons. The molecule has 0 spiro atoms. The predicted octanol–water partition coefficient (Wildman–Crippen LogP) is 4.94. The maximum atomic E-state index is 13.2. The Morgan fingerprint density at radius 1 is 0.868 bits per heavy atom. The fourth-order valence-corrected chi connectivity index (χ4v) is 6.24. The normalized spacial score (nSPS) is 16.1. The minimum Gasteiger partial charge on any atom is -0.494 e. The van der Waals surface area contributed by atoms with E-state index in [-0.39, 0.29) is 10.8 Å². The molecule has 0 aromatic heterocycles. The smallest absolute Gasteiger partial charge is 0.261 e. The largest absolute Gasteiger partial charge is 0.494 e. The summed E-state index contributed by atoms with van der Waals surface area (Å²) in [6.45, 7) is 5.08. The van der Waals surface area contributed by atoms with Gasteiger partial charge in [0.2, 0.25) is 0 Å². The van der Waals surface area contributed by atoms with Crippen LogP contribution in [0.4, 0.5) is 5.69 Å².